The van der Waals surface area contributed by atoms with E-state index >= 15 is 0 Å². The Morgan fingerprint density at radius 2 is 2.00 bits per heavy atom. The van der Waals surface area contributed by atoms with Gasteiger partial charge in [-0.2, -0.15) is 13.2 Å². The van der Waals surface area contributed by atoms with E-state index in [0.717, 1.165) is 12.1 Å². The van der Waals surface area contributed by atoms with Crippen LogP contribution in [0.4, 0.5) is 17.6 Å². The molecule has 2 nitrogen and oxygen atoms in total. The van der Waals surface area contributed by atoms with Crippen LogP contribution in [-0.2, 0) is 17.5 Å². The Hall–Kier alpha value is -1.59. The molecule has 0 aliphatic heterocycles. The molecule has 0 unspecified atom stereocenters. The van der Waals surface area contributed by atoms with Crippen molar-refractivity contribution in [1.29, 1.82) is 0 Å². The number of alkyl halides is 3. The highest BCUT2D eigenvalue weighted by molar-refractivity contribution is 5.82. The fourth-order valence-corrected chi connectivity index (χ4v) is 2.21. The van der Waals surface area contributed by atoms with E-state index in [1.165, 1.54) is 0 Å². The maximum atomic E-state index is 13.1. The van der Waals surface area contributed by atoms with E-state index in [1.54, 1.807) is 0 Å². The van der Waals surface area contributed by atoms with Crippen LogP contribution in [0, 0.1) is 17.2 Å². The predicted molar refractivity (Wildman–Crippen MR) is 65.1 cm³/mol. The van der Waals surface area contributed by atoms with Crippen LogP contribution in [0.5, 0.6) is 0 Å². The first-order valence-electron chi connectivity index (χ1n) is 6.24. The summed E-state index contributed by atoms with van der Waals surface area (Å²) < 4.78 is 51.4. The maximum Gasteiger partial charge on any atom is 0.416 e. The van der Waals surface area contributed by atoms with Crippen molar-refractivity contribution >= 4 is 5.91 Å². The first kappa shape index (κ1) is 14.8. The van der Waals surface area contributed by atoms with Crippen LogP contribution in [0.15, 0.2) is 18.2 Å². The Balaban J connectivity index is 2.09. The lowest BCUT2D eigenvalue weighted by molar-refractivity contribution is -0.138. The summed E-state index contributed by atoms with van der Waals surface area (Å²) in [5.41, 5.74) is -1.28. The van der Waals surface area contributed by atoms with Crippen molar-refractivity contribution in [3.05, 3.63) is 35.1 Å². The second kappa shape index (κ2) is 4.75. The third-order valence-electron chi connectivity index (χ3n) is 3.66. The average Bonchev–Trinajstić information content (AvgIpc) is 2.94. The number of hydrogen-bond acceptors (Lipinski definition) is 1. The number of rotatable bonds is 3. The van der Waals surface area contributed by atoms with Crippen molar-refractivity contribution in [3.63, 3.8) is 0 Å². The molecular formula is C14H15F4NO. The van der Waals surface area contributed by atoms with Gasteiger partial charge in [0.05, 0.1) is 5.56 Å². The van der Waals surface area contributed by atoms with Gasteiger partial charge in [0, 0.05) is 12.5 Å². The average molecular weight is 289 g/mol. The van der Waals surface area contributed by atoms with Gasteiger partial charge in [-0.15, -0.1) is 0 Å². The number of hydrogen-bond donors (Lipinski definition) is 1. The Kier molecular flexibility index (Phi) is 3.52. The number of nitrogens with one attached hydrogen (secondary N) is 1. The zero-order valence-electron chi connectivity index (χ0n) is 11.1. The Bertz CT molecular complexity index is 536. The van der Waals surface area contributed by atoms with Crippen LogP contribution in [0.25, 0.3) is 0 Å². The minimum atomic E-state index is -4.56. The lowest BCUT2D eigenvalue weighted by atomic mass is 10.1. The third-order valence-corrected chi connectivity index (χ3v) is 3.66. The van der Waals surface area contributed by atoms with Gasteiger partial charge in [-0.3, -0.25) is 4.79 Å². The summed E-state index contributed by atoms with van der Waals surface area (Å²) in [5.74, 6) is -1.22. The highest BCUT2D eigenvalue weighted by Crippen LogP contribution is 2.51. The molecule has 2 rings (SSSR count). The zero-order valence-corrected chi connectivity index (χ0v) is 11.1. The Labute approximate surface area is 114 Å². The number of amides is 1. The quantitative estimate of drug-likeness (QED) is 0.848. The zero-order chi connectivity index (χ0) is 15.1. The highest BCUT2D eigenvalue weighted by Gasteiger charge is 2.50. The molecule has 0 heterocycles. The topological polar surface area (TPSA) is 29.1 Å². The summed E-state index contributed by atoms with van der Waals surface area (Å²) in [4.78, 5) is 11.8. The van der Waals surface area contributed by atoms with E-state index in [4.69, 9.17) is 0 Å². The molecule has 1 amide bonds. The van der Waals surface area contributed by atoms with Crippen molar-refractivity contribution in [2.45, 2.75) is 33.0 Å². The number of carbonyl (C=O) groups is 1. The van der Waals surface area contributed by atoms with E-state index in [0.29, 0.717) is 12.5 Å². The van der Waals surface area contributed by atoms with Gasteiger partial charge in [-0.05, 0) is 35.6 Å². The van der Waals surface area contributed by atoms with Crippen molar-refractivity contribution < 1.29 is 22.4 Å². The van der Waals surface area contributed by atoms with Gasteiger partial charge in [0.15, 0.2) is 0 Å². The van der Waals surface area contributed by atoms with Gasteiger partial charge in [0.25, 0.3) is 0 Å². The molecule has 0 aromatic heterocycles. The van der Waals surface area contributed by atoms with Crippen LogP contribution < -0.4 is 5.32 Å². The van der Waals surface area contributed by atoms with Crippen molar-refractivity contribution in [1.82, 2.24) is 5.32 Å². The molecule has 0 radical (unpaired) electrons. The molecule has 1 aliphatic carbocycles. The van der Waals surface area contributed by atoms with Gasteiger partial charge >= 0.3 is 6.18 Å². The number of benzene rings is 1. The summed E-state index contributed by atoms with van der Waals surface area (Å²) in [5, 5.41) is 2.45. The molecule has 0 bridgehead atoms. The maximum absolute atomic E-state index is 13.1. The summed E-state index contributed by atoms with van der Waals surface area (Å²) in [7, 11) is 0. The first-order chi connectivity index (χ1) is 9.11. The Morgan fingerprint density at radius 1 is 1.40 bits per heavy atom. The molecule has 1 N–H and O–H groups in total. The van der Waals surface area contributed by atoms with Crippen LogP contribution in [0.3, 0.4) is 0 Å². The van der Waals surface area contributed by atoms with Gasteiger partial charge in [-0.1, -0.05) is 13.8 Å². The smallest absolute Gasteiger partial charge is 0.352 e. The lowest BCUT2D eigenvalue weighted by Gasteiger charge is -2.14. The van der Waals surface area contributed by atoms with Gasteiger partial charge in [0.2, 0.25) is 5.91 Å². The molecule has 20 heavy (non-hydrogen) atoms. The molecule has 1 saturated carbocycles. The largest absolute Gasteiger partial charge is 0.416 e. The van der Waals surface area contributed by atoms with E-state index in [1.807, 2.05) is 13.8 Å². The predicted octanol–water partition coefficient (Wildman–Crippen LogP) is 3.51. The fourth-order valence-electron chi connectivity index (χ4n) is 2.21. The summed E-state index contributed by atoms with van der Waals surface area (Å²) in [6.45, 7) is 3.51. The standard InChI is InChI=1S/C14H15F4NO/c1-13(2)6-11(13)12(20)19-7-8-5-9(15)3-4-10(8)14(16,17)18/h3-5,11H,6-7H2,1-2H3,(H,19,20)/t11-/m1/s1. The van der Waals surface area contributed by atoms with Crippen LogP contribution in [-0.4, -0.2) is 5.91 Å². The fraction of sp³-hybridized carbons (Fsp3) is 0.500. The summed E-state index contributed by atoms with van der Waals surface area (Å²) in [6.07, 6.45) is -3.85. The lowest BCUT2D eigenvalue weighted by Crippen LogP contribution is -2.27. The van der Waals surface area contributed by atoms with Crippen LogP contribution in [0.1, 0.15) is 31.4 Å². The minimum Gasteiger partial charge on any atom is -0.352 e. The van der Waals surface area contributed by atoms with E-state index in [9.17, 15) is 22.4 Å². The molecule has 1 atom stereocenters. The van der Waals surface area contributed by atoms with Gasteiger partial charge in [-0.25, -0.2) is 4.39 Å². The first-order valence-corrected chi connectivity index (χ1v) is 6.24. The molecular weight excluding hydrogens is 274 g/mol. The van der Waals surface area contributed by atoms with Crippen molar-refractivity contribution in [2.24, 2.45) is 11.3 Å². The number of halogens is 4. The second-order valence-electron chi connectivity index (χ2n) is 5.76. The minimum absolute atomic E-state index is 0.0983. The second-order valence-corrected chi connectivity index (χ2v) is 5.76. The van der Waals surface area contributed by atoms with Crippen LogP contribution >= 0.6 is 0 Å². The molecule has 0 saturated heterocycles. The van der Waals surface area contributed by atoms with Crippen LogP contribution in [0.2, 0.25) is 0 Å². The Morgan fingerprint density at radius 3 is 2.50 bits per heavy atom. The molecule has 1 aliphatic rings. The third kappa shape index (κ3) is 3.11. The molecule has 0 spiro atoms. The van der Waals surface area contributed by atoms with E-state index < -0.39 is 17.6 Å². The molecule has 1 fully saturated rings. The van der Waals surface area contributed by atoms with E-state index in [2.05, 4.69) is 5.32 Å². The molecule has 1 aromatic rings. The molecule has 1 aromatic carbocycles. The SMILES string of the molecule is CC1(C)C[C@@H]1C(=O)NCc1cc(F)ccc1C(F)(F)F. The summed E-state index contributed by atoms with van der Waals surface area (Å²) >= 11 is 0. The van der Waals surface area contributed by atoms with Crippen molar-refractivity contribution in [2.75, 3.05) is 0 Å². The highest BCUT2D eigenvalue weighted by atomic mass is 19.4. The number of carbonyl (C=O) groups excluding carboxylic acids is 1. The summed E-state index contributed by atoms with van der Waals surface area (Å²) in [6, 6.07) is 2.26. The molecule has 6 heteroatoms. The van der Waals surface area contributed by atoms with Crippen molar-refractivity contribution in [3.8, 4) is 0 Å². The van der Waals surface area contributed by atoms with E-state index in [-0.39, 0.29) is 29.3 Å². The monoisotopic (exact) mass is 289 g/mol. The normalized spacial score (nSPS) is 20.6. The van der Waals surface area contributed by atoms with Gasteiger partial charge < -0.3 is 5.32 Å². The van der Waals surface area contributed by atoms with Gasteiger partial charge in [0.1, 0.15) is 5.82 Å². The molecule has 110 valence electrons.